The van der Waals surface area contributed by atoms with Crippen LogP contribution in [0.4, 0.5) is 0 Å². The van der Waals surface area contributed by atoms with Gasteiger partial charge in [-0.15, -0.1) is 0 Å². The minimum atomic E-state index is 0.0109. The van der Waals surface area contributed by atoms with Gasteiger partial charge in [-0.3, -0.25) is 4.79 Å². The summed E-state index contributed by atoms with van der Waals surface area (Å²) in [6, 6.07) is 11.4. The molecule has 0 unspecified atom stereocenters. The van der Waals surface area contributed by atoms with Crippen LogP contribution >= 0.6 is 0 Å². The van der Waals surface area contributed by atoms with Crippen LogP contribution in [0.2, 0.25) is 0 Å². The van der Waals surface area contributed by atoms with Crippen LogP contribution in [0.25, 0.3) is 0 Å². The molecule has 0 radical (unpaired) electrons. The minimum absolute atomic E-state index is 0.0109. The topological polar surface area (TPSA) is 42.2 Å². The molecular weight excluding hydrogens is 250 g/mol. The molecule has 1 aromatic carbocycles. The van der Waals surface area contributed by atoms with Crippen LogP contribution in [0.3, 0.4) is 0 Å². The van der Waals surface area contributed by atoms with Crippen molar-refractivity contribution in [2.75, 3.05) is 6.61 Å². The van der Waals surface area contributed by atoms with Gasteiger partial charge >= 0.3 is 0 Å². The first-order valence-electron chi connectivity index (χ1n) is 6.55. The molecule has 20 heavy (non-hydrogen) atoms. The van der Waals surface area contributed by atoms with Crippen LogP contribution in [-0.4, -0.2) is 16.3 Å². The number of aromatic nitrogens is 1. The average molecular weight is 267 g/mol. The zero-order valence-corrected chi connectivity index (χ0v) is 11.5. The number of pyridine rings is 1. The molecule has 2 rings (SSSR count). The number of aliphatic hydroxyl groups is 1. The van der Waals surface area contributed by atoms with Crippen molar-refractivity contribution in [3.05, 3.63) is 69.6 Å². The fourth-order valence-corrected chi connectivity index (χ4v) is 1.85. The van der Waals surface area contributed by atoms with Gasteiger partial charge < -0.3 is 9.67 Å². The Morgan fingerprint density at radius 2 is 1.95 bits per heavy atom. The number of rotatable bonds is 3. The largest absolute Gasteiger partial charge is 0.395 e. The van der Waals surface area contributed by atoms with Crippen molar-refractivity contribution >= 4 is 0 Å². The minimum Gasteiger partial charge on any atom is -0.395 e. The standard InChI is InChI=1S/C17H17NO2/c1-14-9-10-18(17(20)12-14)13-16-7-5-15(6-8-16)4-2-3-11-19/h5-10,12,19H,3,11,13H2,1H3. The van der Waals surface area contributed by atoms with E-state index in [-0.39, 0.29) is 12.2 Å². The second-order valence-corrected chi connectivity index (χ2v) is 4.64. The van der Waals surface area contributed by atoms with Crippen LogP contribution in [0.15, 0.2) is 47.4 Å². The molecule has 0 atom stereocenters. The Hall–Kier alpha value is -2.31. The molecule has 1 heterocycles. The molecule has 102 valence electrons. The maximum absolute atomic E-state index is 11.8. The highest BCUT2D eigenvalue weighted by molar-refractivity contribution is 5.36. The fraction of sp³-hybridized carbons (Fsp3) is 0.235. The van der Waals surface area contributed by atoms with Crippen LogP contribution in [0.1, 0.15) is 23.1 Å². The van der Waals surface area contributed by atoms with Crippen molar-refractivity contribution in [3.8, 4) is 11.8 Å². The number of aliphatic hydroxyl groups excluding tert-OH is 1. The Balaban J connectivity index is 2.11. The molecular formula is C17H17NO2. The van der Waals surface area contributed by atoms with Crippen molar-refractivity contribution < 1.29 is 5.11 Å². The first-order chi connectivity index (χ1) is 9.69. The van der Waals surface area contributed by atoms with E-state index in [1.54, 1.807) is 10.6 Å². The molecule has 3 nitrogen and oxygen atoms in total. The molecule has 0 aliphatic carbocycles. The number of aryl methyl sites for hydroxylation is 1. The molecule has 0 amide bonds. The summed E-state index contributed by atoms with van der Waals surface area (Å²) in [6.07, 6.45) is 2.30. The third-order valence-corrected chi connectivity index (χ3v) is 2.93. The summed E-state index contributed by atoms with van der Waals surface area (Å²) in [5.74, 6) is 5.86. The highest BCUT2D eigenvalue weighted by atomic mass is 16.2. The molecule has 1 aromatic heterocycles. The van der Waals surface area contributed by atoms with E-state index >= 15 is 0 Å². The van der Waals surface area contributed by atoms with E-state index in [9.17, 15) is 4.79 Å². The van der Waals surface area contributed by atoms with Crippen LogP contribution in [0.5, 0.6) is 0 Å². The van der Waals surface area contributed by atoms with Gasteiger partial charge in [-0.05, 0) is 36.2 Å². The van der Waals surface area contributed by atoms with Crippen molar-refractivity contribution in [2.45, 2.75) is 19.9 Å². The van der Waals surface area contributed by atoms with Gasteiger partial charge in [0.2, 0.25) is 0 Å². The third kappa shape index (κ3) is 3.84. The van der Waals surface area contributed by atoms with Crippen molar-refractivity contribution in [3.63, 3.8) is 0 Å². The van der Waals surface area contributed by atoms with E-state index in [2.05, 4.69) is 11.8 Å². The van der Waals surface area contributed by atoms with Gasteiger partial charge in [-0.25, -0.2) is 0 Å². The van der Waals surface area contributed by atoms with E-state index in [0.29, 0.717) is 13.0 Å². The summed E-state index contributed by atoms with van der Waals surface area (Å²) in [5.41, 5.74) is 2.96. The number of benzene rings is 1. The maximum atomic E-state index is 11.8. The number of nitrogens with zero attached hydrogens (tertiary/aromatic N) is 1. The summed E-state index contributed by atoms with van der Waals surface area (Å²) in [6.45, 7) is 2.55. The second kappa shape index (κ2) is 6.74. The number of hydrogen-bond donors (Lipinski definition) is 1. The molecule has 2 aromatic rings. The summed E-state index contributed by atoms with van der Waals surface area (Å²) < 4.78 is 1.68. The van der Waals surface area contributed by atoms with Crippen LogP contribution < -0.4 is 5.56 Å². The summed E-state index contributed by atoms with van der Waals surface area (Å²) in [7, 11) is 0. The van der Waals surface area contributed by atoms with E-state index in [4.69, 9.17) is 5.11 Å². The summed E-state index contributed by atoms with van der Waals surface area (Å²) in [5, 5.41) is 8.66. The van der Waals surface area contributed by atoms with Crippen molar-refractivity contribution in [2.24, 2.45) is 0 Å². The second-order valence-electron chi connectivity index (χ2n) is 4.64. The van der Waals surface area contributed by atoms with E-state index in [1.807, 2.05) is 43.5 Å². The summed E-state index contributed by atoms with van der Waals surface area (Å²) >= 11 is 0. The van der Waals surface area contributed by atoms with Gasteiger partial charge in [0.1, 0.15) is 0 Å². The molecule has 0 saturated carbocycles. The molecule has 3 heteroatoms. The predicted molar refractivity (Wildman–Crippen MR) is 79.6 cm³/mol. The Bertz CT molecular complexity index is 687. The molecule has 0 spiro atoms. The smallest absolute Gasteiger partial charge is 0.251 e. The highest BCUT2D eigenvalue weighted by Crippen LogP contribution is 2.05. The Morgan fingerprint density at radius 1 is 1.20 bits per heavy atom. The Kier molecular flexibility index (Phi) is 4.75. The SMILES string of the molecule is Cc1ccn(Cc2ccc(C#CCCO)cc2)c(=O)c1. The molecule has 0 bridgehead atoms. The lowest BCUT2D eigenvalue weighted by Gasteiger charge is -2.06. The maximum Gasteiger partial charge on any atom is 0.251 e. The van der Waals surface area contributed by atoms with Gasteiger partial charge in [0.25, 0.3) is 5.56 Å². The predicted octanol–water partition coefficient (Wildman–Crippen LogP) is 1.94. The van der Waals surface area contributed by atoms with E-state index in [1.165, 1.54) is 0 Å². The third-order valence-electron chi connectivity index (χ3n) is 2.93. The lowest BCUT2D eigenvalue weighted by atomic mass is 10.1. The lowest BCUT2D eigenvalue weighted by Crippen LogP contribution is -2.19. The van der Waals surface area contributed by atoms with Crippen LogP contribution in [-0.2, 0) is 6.54 Å². The van der Waals surface area contributed by atoms with Gasteiger partial charge in [-0.2, -0.15) is 0 Å². The van der Waals surface area contributed by atoms with E-state index in [0.717, 1.165) is 16.7 Å². The molecule has 0 fully saturated rings. The first-order valence-corrected chi connectivity index (χ1v) is 6.55. The summed E-state index contributed by atoms with van der Waals surface area (Å²) in [4.78, 5) is 11.8. The van der Waals surface area contributed by atoms with Gasteiger partial charge in [-0.1, -0.05) is 24.0 Å². The fourth-order valence-electron chi connectivity index (χ4n) is 1.85. The molecule has 0 aliphatic rings. The van der Waals surface area contributed by atoms with Gasteiger partial charge in [0.05, 0.1) is 13.2 Å². The monoisotopic (exact) mass is 267 g/mol. The molecule has 0 aliphatic heterocycles. The molecule has 0 saturated heterocycles. The quantitative estimate of drug-likeness (QED) is 0.864. The van der Waals surface area contributed by atoms with Gasteiger partial charge in [0.15, 0.2) is 0 Å². The van der Waals surface area contributed by atoms with Crippen molar-refractivity contribution in [1.82, 2.24) is 4.57 Å². The normalized spacial score (nSPS) is 9.90. The highest BCUT2D eigenvalue weighted by Gasteiger charge is 1.98. The average Bonchev–Trinajstić information content (AvgIpc) is 2.44. The first kappa shape index (κ1) is 14.1. The van der Waals surface area contributed by atoms with Crippen LogP contribution in [0, 0.1) is 18.8 Å². The van der Waals surface area contributed by atoms with Crippen molar-refractivity contribution in [1.29, 1.82) is 0 Å². The Morgan fingerprint density at radius 3 is 2.60 bits per heavy atom. The lowest BCUT2D eigenvalue weighted by molar-refractivity contribution is 0.305. The zero-order valence-electron chi connectivity index (χ0n) is 11.5. The Labute approximate surface area is 118 Å². The van der Waals surface area contributed by atoms with Gasteiger partial charge in [0, 0.05) is 24.2 Å². The number of hydrogen-bond acceptors (Lipinski definition) is 2. The molecule has 1 N–H and O–H groups in total. The van der Waals surface area contributed by atoms with E-state index < -0.39 is 0 Å². The zero-order chi connectivity index (χ0) is 14.4.